The first-order valence-corrected chi connectivity index (χ1v) is 7.81. The molecule has 0 spiro atoms. The van der Waals surface area contributed by atoms with E-state index < -0.39 is 0 Å². The molecule has 2 aliphatic heterocycles. The molecule has 3 rings (SSSR count). The van der Waals surface area contributed by atoms with E-state index >= 15 is 0 Å². The van der Waals surface area contributed by atoms with Gasteiger partial charge in [0.15, 0.2) is 0 Å². The van der Waals surface area contributed by atoms with E-state index in [0.29, 0.717) is 12.1 Å². The SMILES string of the molecule is Brc1ccc(N2CCC(NC3CCOCC3)C2)nc1. The summed E-state index contributed by atoms with van der Waals surface area (Å²) in [4.78, 5) is 6.84. The van der Waals surface area contributed by atoms with Gasteiger partial charge in [0.05, 0.1) is 0 Å². The van der Waals surface area contributed by atoms with Gasteiger partial charge in [0.2, 0.25) is 0 Å². The summed E-state index contributed by atoms with van der Waals surface area (Å²) < 4.78 is 6.44. The maximum Gasteiger partial charge on any atom is 0.128 e. The molecule has 19 heavy (non-hydrogen) atoms. The van der Waals surface area contributed by atoms with Crippen LogP contribution in [-0.4, -0.2) is 43.4 Å². The molecule has 3 heterocycles. The van der Waals surface area contributed by atoms with E-state index in [-0.39, 0.29) is 0 Å². The predicted octanol–water partition coefficient (Wildman–Crippen LogP) is 2.19. The second kappa shape index (κ2) is 6.20. The van der Waals surface area contributed by atoms with Crippen LogP contribution in [0, 0.1) is 0 Å². The highest BCUT2D eigenvalue weighted by atomic mass is 79.9. The first kappa shape index (κ1) is 13.3. The molecule has 0 aromatic carbocycles. The summed E-state index contributed by atoms with van der Waals surface area (Å²) in [5.41, 5.74) is 0. The fraction of sp³-hybridized carbons (Fsp3) is 0.643. The molecule has 0 saturated carbocycles. The minimum atomic E-state index is 0.591. The van der Waals surface area contributed by atoms with Crippen LogP contribution in [-0.2, 0) is 4.74 Å². The maximum absolute atomic E-state index is 5.40. The first-order valence-electron chi connectivity index (χ1n) is 7.01. The Balaban J connectivity index is 1.53. The van der Waals surface area contributed by atoms with Crippen LogP contribution in [0.2, 0.25) is 0 Å². The number of pyridine rings is 1. The van der Waals surface area contributed by atoms with Crippen molar-refractivity contribution in [3.8, 4) is 0 Å². The number of rotatable bonds is 3. The molecule has 1 unspecified atom stereocenters. The summed E-state index contributed by atoms with van der Waals surface area (Å²) in [6.07, 6.45) is 5.36. The van der Waals surface area contributed by atoms with Crippen LogP contribution in [0.1, 0.15) is 19.3 Å². The van der Waals surface area contributed by atoms with Crippen LogP contribution in [0.15, 0.2) is 22.8 Å². The van der Waals surface area contributed by atoms with E-state index in [1.165, 1.54) is 6.42 Å². The fourth-order valence-electron chi connectivity index (χ4n) is 2.86. The van der Waals surface area contributed by atoms with Gasteiger partial charge in [-0.2, -0.15) is 0 Å². The number of nitrogens with zero attached hydrogens (tertiary/aromatic N) is 2. The van der Waals surface area contributed by atoms with Gasteiger partial charge in [-0.1, -0.05) is 0 Å². The highest BCUT2D eigenvalue weighted by Crippen LogP contribution is 2.20. The third-order valence-electron chi connectivity index (χ3n) is 3.92. The number of aromatic nitrogens is 1. The Morgan fingerprint density at radius 1 is 1.21 bits per heavy atom. The zero-order valence-corrected chi connectivity index (χ0v) is 12.6. The topological polar surface area (TPSA) is 37.4 Å². The summed E-state index contributed by atoms with van der Waals surface area (Å²) in [6, 6.07) is 5.37. The van der Waals surface area contributed by atoms with Gasteiger partial charge in [0, 0.05) is 49.1 Å². The van der Waals surface area contributed by atoms with Crippen molar-refractivity contribution in [3.05, 3.63) is 22.8 Å². The molecule has 2 saturated heterocycles. The highest BCUT2D eigenvalue weighted by molar-refractivity contribution is 9.10. The van der Waals surface area contributed by atoms with E-state index in [1.54, 1.807) is 0 Å². The Bertz CT molecular complexity index is 406. The molecule has 1 atom stereocenters. The monoisotopic (exact) mass is 325 g/mol. The number of anilines is 1. The first-order chi connectivity index (χ1) is 9.31. The molecular formula is C14H20BrN3O. The largest absolute Gasteiger partial charge is 0.381 e. The summed E-state index contributed by atoms with van der Waals surface area (Å²) in [6.45, 7) is 3.96. The molecule has 2 fully saturated rings. The second-order valence-electron chi connectivity index (χ2n) is 5.32. The molecule has 5 heteroatoms. The predicted molar refractivity (Wildman–Crippen MR) is 79.5 cm³/mol. The highest BCUT2D eigenvalue weighted by Gasteiger charge is 2.26. The van der Waals surface area contributed by atoms with Gasteiger partial charge in [-0.3, -0.25) is 0 Å². The molecule has 104 valence electrons. The van der Waals surface area contributed by atoms with Gasteiger partial charge in [-0.15, -0.1) is 0 Å². The van der Waals surface area contributed by atoms with Crippen molar-refractivity contribution in [2.75, 3.05) is 31.2 Å². The van der Waals surface area contributed by atoms with Crippen molar-refractivity contribution in [2.24, 2.45) is 0 Å². The zero-order valence-electron chi connectivity index (χ0n) is 11.0. The minimum Gasteiger partial charge on any atom is -0.381 e. The molecule has 4 nitrogen and oxygen atoms in total. The van der Waals surface area contributed by atoms with Crippen LogP contribution in [0.4, 0.5) is 5.82 Å². The maximum atomic E-state index is 5.40. The van der Waals surface area contributed by atoms with E-state index in [9.17, 15) is 0 Å². The van der Waals surface area contributed by atoms with Crippen molar-refractivity contribution in [1.29, 1.82) is 0 Å². The van der Waals surface area contributed by atoms with Gasteiger partial charge >= 0.3 is 0 Å². The number of hydrogen-bond donors (Lipinski definition) is 1. The Hall–Kier alpha value is -0.650. The number of hydrogen-bond acceptors (Lipinski definition) is 4. The quantitative estimate of drug-likeness (QED) is 0.924. The van der Waals surface area contributed by atoms with Crippen LogP contribution in [0.5, 0.6) is 0 Å². The molecule has 0 amide bonds. The van der Waals surface area contributed by atoms with E-state index in [4.69, 9.17) is 4.74 Å². The Kier molecular flexibility index (Phi) is 4.35. The van der Waals surface area contributed by atoms with Crippen molar-refractivity contribution in [3.63, 3.8) is 0 Å². The summed E-state index contributed by atoms with van der Waals surface area (Å²) in [7, 11) is 0. The molecule has 1 aromatic rings. The number of ether oxygens (including phenoxy) is 1. The molecule has 0 bridgehead atoms. The second-order valence-corrected chi connectivity index (χ2v) is 6.24. The van der Waals surface area contributed by atoms with Gasteiger partial charge in [-0.05, 0) is 47.3 Å². The molecule has 0 radical (unpaired) electrons. The number of nitrogens with one attached hydrogen (secondary N) is 1. The van der Waals surface area contributed by atoms with Crippen LogP contribution < -0.4 is 10.2 Å². The molecule has 1 aromatic heterocycles. The Morgan fingerprint density at radius 3 is 2.79 bits per heavy atom. The third-order valence-corrected chi connectivity index (χ3v) is 4.39. The van der Waals surface area contributed by atoms with Gasteiger partial charge < -0.3 is 15.0 Å². The lowest BCUT2D eigenvalue weighted by Gasteiger charge is -2.26. The Morgan fingerprint density at radius 2 is 2.05 bits per heavy atom. The van der Waals surface area contributed by atoms with Gasteiger partial charge in [0.1, 0.15) is 5.82 Å². The summed E-state index contributed by atoms with van der Waals surface area (Å²) in [5.74, 6) is 1.08. The minimum absolute atomic E-state index is 0.591. The molecule has 1 N–H and O–H groups in total. The van der Waals surface area contributed by atoms with E-state index in [0.717, 1.165) is 49.4 Å². The smallest absolute Gasteiger partial charge is 0.128 e. The number of halogens is 1. The van der Waals surface area contributed by atoms with E-state index in [1.807, 2.05) is 6.20 Å². The summed E-state index contributed by atoms with van der Waals surface area (Å²) in [5, 5.41) is 3.77. The van der Waals surface area contributed by atoms with Crippen molar-refractivity contribution >= 4 is 21.7 Å². The van der Waals surface area contributed by atoms with E-state index in [2.05, 4.69) is 43.3 Å². The summed E-state index contributed by atoms with van der Waals surface area (Å²) >= 11 is 3.43. The van der Waals surface area contributed by atoms with Crippen LogP contribution in [0.25, 0.3) is 0 Å². The average molecular weight is 326 g/mol. The van der Waals surface area contributed by atoms with Crippen molar-refractivity contribution in [2.45, 2.75) is 31.3 Å². The average Bonchev–Trinajstić information content (AvgIpc) is 2.89. The molecular weight excluding hydrogens is 306 g/mol. The lowest BCUT2D eigenvalue weighted by molar-refractivity contribution is 0.0755. The molecule has 0 aliphatic carbocycles. The van der Waals surface area contributed by atoms with Crippen molar-refractivity contribution in [1.82, 2.24) is 10.3 Å². The molecule has 2 aliphatic rings. The van der Waals surface area contributed by atoms with Crippen LogP contribution >= 0.6 is 15.9 Å². The van der Waals surface area contributed by atoms with Gasteiger partial charge in [0.25, 0.3) is 0 Å². The Labute approximate surface area is 122 Å². The fourth-order valence-corrected chi connectivity index (χ4v) is 3.09. The van der Waals surface area contributed by atoms with Gasteiger partial charge in [-0.25, -0.2) is 4.98 Å². The van der Waals surface area contributed by atoms with Crippen molar-refractivity contribution < 1.29 is 4.74 Å². The zero-order chi connectivity index (χ0) is 13.1. The standard InChI is InChI=1S/C14H20BrN3O/c15-11-1-2-14(16-9-11)18-6-3-13(10-18)17-12-4-7-19-8-5-12/h1-2,9,12-13,17H,3-8,10H2. The normalized spacial score (nSPS) is 24.9. The van der Waals surface area contributed by atoms with Crippen LogP contribution in [0.3, 0.4) is 0 Å². The lowest BCUT2D eigenvalue weighted by atomic mass is 10.1. The third kappa shape index (κ3) is 3.46. The lowest BCUT2D eigenvalue weighted by Crippen LogP contribution is -2.43.